The highest BCUT2D eigenvalue weighted by Gasteiger charge is 2.14. The second-order valence-electron chi connectivity index (χ2n) is 7.52. The van der Waals surface area contributed by atoms with Gasteiger partial charge >= 0.3 is 0 Å². The van der Waals surface area contributed by atoms with E-state index in [0.29, 0.717) is 12.2 Å². The number of nitrogens with two attached hydrogens (primary N) is 1. The van der Waals surface area contributed by atoms with Crippen LogP contribution in [-0.4, -0.2) is 4.98 Å². The zero-order chi connectivity index (χ0) is 21.8. The highest BCUT2D eigenvalue weighted by atomic mass is 16.5. The summed E-state index contributed by atoms with van der Waals surface area (Å²) in [6.07, 6.45) is 0. The van der Waals surface area contributed by atoms with E-state index in [1.807, 2.05) is 66.7 Å². The van der Waals surface area contributed by atoms with Crippen LogP contribution in [0.1, 0.15) is 22.3 Å². The Morgan fingerprint density at radius 2 is 1.58 bits per heavy atom. The maximum atomic E-state index is 9.67. The van der Waals surface area contributed by atoms with Crippen molar-refractivity contribution in [1.29, 1.82) is 5.26 Å². The average Bonchev–Trinajstić information content (AvgIpc) is 2.80. The summed E-state index contributed by atoms with van der Waals surface area (Å²) < 4.78 is 5.88. The number of hydrogen-bond acceptors (Lipinski definition) is 4. The second kappa shape index (κ2) is 8.73. The lowest BCUT2D eigenvalue weighted by atomic mass is 9.97. The molecule has 0 amide bonds. The Labute approximate surface area is 182 Å². The number of hydrogen-bond donors (Lipinski definition) is 1. The standard InChI is InChI=1S/C27H23N3O/c1-18-8-9-22(14-19(18)2)26-15-24(25(16-28)27(29)30-26)21-10-12-23(13-11-21)31-17-20-6-4-3-5-7-20/h3-15H,17H2,1-2H3,(H2,29,30). The molecule has 0 unspecified atom stereocenters. The maximum absolute atomic E-state index is 9.67. The van der Waals surface area contributed by atoms with Gasteiger partial charge in [0.15, 0.2) is 0 Å². The molecular weight excluding hydrogens is 382 g/mol. The SMILES string of the molecule is Cc1ccc(-c2cc(-c3ccc(OCc4ccccc4)cc3)c(C#N)c(N)n2)cc1C. The highest BCUT2D eigenvalue weighted by Crippen LogP contribution is 2.32. The minimum absolute atomic E-state index is 0.234. The van der Waals surface area contributed by atoms with E-state index >= 15 is 0 Å². The molecule has 2 N–H and O–H groups in total. The minimum atomic E-state index is 0.234. The molecule has 4 nitrogen and oxygen atoms in total. The van der Waals surface area contributed by atoms with Crippen LogP contribution in [0.3, 0.4) is 0 Å². The first-order valence-corrected chi connectivity index (χ1v) is 10.1. The first-order chi connectivity index (χ1) is 15.0. The third-order valence-corrected chi connectivity index (χ3v) is 5.38. The number of pyridine rings is 1. The van der Waals surface area contributed by atoms with Gasteiger partial charge in [-0.3, -0.25) is 0 Å². The van der Waals surface area contributed by atoms with Crippen LogP contribution in [0.5, 0.6) is 5.75 Å². The van der Waals surface area contributed by atoms with Crippen molar-refractivity contribution in [3.05, 3.63) is 101 Å². The summed E-state index contributed by atoms with van der Waals surface area (Å²) in [4.78, 5) is 4.48. The van der Waals surface area contributed by atoms with E-state index in [2.05, 4.69) is 37.0 Å². The lowest BCUT2D eigenvalue weighted by Crippen LogP contribution is -2.00. The lowest BCUT2D eigenvalue weighted by molar-refractivity contribution is 0.306. The van der Waals surface area contributed by atoms with Gasteiger partial charge in [-0.25, -0.2) is 4.98 Å². The van der Waals surface area contributed by atoms with Crippen LogP contribution in [0.2, 0.25) is 0 Å². The van der Waals surface area contributed by atoms with E-state index in [4.69, 9.17) is 10.5 Å². The van der Waals surface area contributed by atoms with Gasteiger partial charge in [0, 0.05) is 11.1 Å². The van der Waals surface area contributed by atoms with E-state index in [1.54, 1.807) is 0 Å². The molecule has 0 saturated carbocycles. The predicted molar refractivity (Wildman–Crippen MR) is 124 cm³/mol. The summed E-state index contributed by atoms with van der Waals surface area (Å²) in [6.45, 7) is 4.65. The maximum Gasteiger partial charge on any atom is 0.142 e. The van der Waals surface area contributed by atoms with Crippen LogP contribution in [-0.2, 0) is 6.61 Å². The number of aryl methyl sites for hydroxylation is 2. The Kier molecular flexibility index (Phi) is 5.68. The molecule has 0 atom stereocenters. The first kappa shape index (κ1) is 20.2. The van der Waals surface area contributed by atoms with Crippen molar-refractivity contribution in [2.45, 2.75) is 20.5 Å². The summed E-state index contributed by atoms with van der Waals surface area (Å²) in [5.74, 6) is 1.00. The smallest absolute Gasteiger partial charge is 0.142 e. The van der Waals surface area contributed by atoms with Crippen LogP contribution < -0.4 is 10.5 Å². The molecule has 1 heterocycles. The number of nitrogen functional groups attached to an aromatic ring is 1. The Balaban J connectivity index is 1.65. The fourth-order valence-electron chi connectivity index (χ4n) is 3.43. The van der Waals surface area contributed by atoms with Crippen LogP contribution in [0.15, 0.2) is 78.9 Å². The Bertz CT molecular complexity index is 1260. The van der Waals surface area contributed by atoms with Gasteiger partial charge in [-0.2, -0.15) is 5.26 Å². The van der Waals surface area contributed by atoms with Crippen molar-refractivity contribution >= 4 is 5.82 Å². The van der Waals surface area contributed by atoms with Crippen LogP contribution >= 0.6 is 0 Å². The van der Waals surface area contributed by atoms with E-state index in [0.717, 1.165) is 33.7 Å². The third kappa shape index (κ3) is 4.41. The second-order valence-corrected chi connectivity index (χ2v) is 7.52. The highest BCUT2D eigenvalue weighted by molar-refractivity contribution is 5.80. The Morgan fingerprint density at radius 3 is 2.26 bits per heavy atom. The van der Waals surface area contributed by atoms with E-state index in [9.17, 15) is 5.26 Å². The number of aromatic nitrogens is 1. The van der Waals surface area contributed by atoms with Gasteiger partial charge in [-0.15, -0.1) is 0 Å². The molecule has 0 fully saturated rings. The van der Waals surface area contributed by atoms with E-state index in [1.165, 1.54) is 11.1 Å². The van der Waals surface area contributed by atoms with Crippen molar-refractivity contribution in [3.8, 4) is 34.2 Å². The molecule has 152 valence electrons. The number of rotatable bonds is 5. The molecular formula is C27H23N3O. The largest absolute Gasteiger partial charge is 0.489 e. The first-order valence-electron chi connectivity index (χ1n) is 10.1. The molecule has 4 aromatic rings. The number of nitrogens with zero attached hydrogens (tertiary/aromatic N) is 2. The summed E-state index contributed by atoms with van der Waals surface area (Å²) >= 11 is 0. The normalized spacial score (nSPS) is 10.5. The molecule has 0 aliphatic heterocycles. The zero-order valence-electron chi connectivity index (χ0n) is 17.6. The fourth-order valence-corrected chi connectivity index (χ4v) is 3.43. The van der Waals surface area contributed by atoms with Gasteiger partial charge in [0.05, 0.1) is 5.69 Å². The van der Waals surface area contributed by atoms with Crippen molar-refractivity contribution in [1.82, 2.24) is 4.98 Å². The number of ether oxygens (including phenoxy) is 1. The quantitative estimate of drug-likeness (QED) is 0.438. The molecule has 4 rings (SSSR count). The summed E-state index contributed by atoms with van der Waals surface area (Å²) in [7, 11) is 0. The third-order valence-electron chi connectivity index (χ3n) is 5.38. The van der Waals surface area contributed by atoms with Crippen molar-refractivity contribution in [2.24, 2.45) is 0 Å². The van der Waals surface area contributed by atoms with Gasteiger partial charge in [0.2, 0.25) is 0 Å². The van der Waals surface area contributed by atoms with Crippen LogP contribution in [0.4, 0.5) is 5.82 Å². The van der Waals surface area contributed by atoms with Crippen molar-refractivity contribution in [3.63, 3.8) is 0 Å². The molecule has 0 aliphatic rings. The van der Waals surface area contributed by atoms with Crippen molar-refractivity contribution in [2.75, 3.05) is 5.73 Å². The van der Waals surface area contributed by atoms with Gasteiger partial charge < -0.3 is 10.5 Å². The molecule has 0 radical (unpaired) electrons. The fraction of sp³-hybridized carbons (Fsp3) is 0.111. The number of anilines is 1. The summed E-state index contributed by atoms with van der Waals surface area (Å²) in [5, 5.41) is 9.67. The van der Waals surface area contributed by atoms with Crippen molar-refractivity contribution < 1.29 is 4.74 Å². The van der Waals surface area contributed by atoms with Crippen LogP contribution in [0.25, 0.3) is 22.4 Å². The number of nitriles is 1. The molecule has 0 aliphatic carbocycles. The Hall–Kier alpha value is -4.10. The Morgan fingerprint density at radius 1 is 0.871 bits per heavy atom. The monoisotopic (exact) mass is 405 g/mol. The summed E-state index contributed by atoms with van der Waals surface area (Å²) in [5.41, 5.74) is 13.4. The zero-order valence-corrected chi connectivity index (χ0v) is 17.6. The molecule has 4 heteroatoms. The molecule has 0 bridgehead atoms. The topological polar surface area (TPSA) is 71.9 Å². The molecule has 1 aromatic heterocycles. The predicted octanol–water partition coefficient (Wildman–Crippen LogP) is 6.07. The lowest BCUT2D eigenvalue weighted by Gasteiger charge is -2.12. The molecule has 31 heavy (non-hydrogen) atoms. The van der Waals surface area contributed by atoms with Crippen LogP contribution in [0, 0.1) is 25.2 Å². The molecule has 0 saturated heterocycles. The number of benzene rings is 3. The van der Waals surface area contributed by atoms with Gasteiger partial charge in [-0.05, 0) is 60.4 Å². The molecule has 3 aromatic carbocycles. The van der Waals surface area contributed by atoms with Gasteiger partial charge in [0.1, 0.15) is 29.8 Å². The summed E-state index contributed by atoms with van der Waals surface area (Å²) in [6, 6.07) is 28.1. The van der Waals surface area contributed by atoms with E-state index in [-0.39, 0.29) is 5.82 Å². The van der Waals surface area contributed by atoms with Gasteiger partial charge in [0.25, 0.3) is 0 Å². The minimum Gasteiger partial charge on any atom is -0.489 e. The molecule has 0 spiro atoms. The van der Waals surface area contributed by atoms with Gasteiger partial charge in [-0.1, -0.05) is 54.6 Å². The van der Waals surface area contributed by atoms with E-state index < -0.39 is 0 Å². The average molecular weight is 406 g/mol.